The van der Waals surface area contributed by atoms with Crippen molar-refractivity contribution in [1.29, 1.82) is 0 Å². The van der Waals surface area contributed by atoms with Gasteiger partial charge in [-0.25, -0.2) is 4.98 Å². The van der Waals surface area contributed by atoms with Crippen molar-refractivity contribution >= 4 is 11.5 Å². The van der Waals surface area contributed by atoms with Crippen LogP contribution in [0.1, 0.15) is 24.1 Å². The predicted octanol–water partition coefficient (Wildman–Crippen LogP) is 3.86. The standard InChI is InChI=1S/C14H14F3N3/c1-9(11-4-2-3-5-12(11)18)20-13-8-10(6-7-19-13)14(15,16)17/h2-9H,18H2,1H3,(H,19,20). The van der Waals surface area contributed by atoms with Crippen LogP contribution in [0.25, 0.3) is 0 Å². The quantitative estimate of drug-likeness (QED) is 0.840. The SMILES string of the molecule is CC(Nc1cc(C(F)(F)F)ccn1)c1ccccc1N. The molecule has 1 aromatic carbocycles. The monoisotopic (exact) mass is 281 g/mol. The Labute approximate surface area is 114 Å². The summed E-state index contributed by atoms with van der Waals surface area (Å²) < 4.78 is 37.9. The molecule has 0 amide bonds. The van der Waals surface area contributed by atoms with Gasteiger partial charge < -0.3 is 11.1 Å². The number of rotatable bonds is 3. The van der Waals surface area contributed by atoms with Gasteiger partial charge in [-0.2, -0.15) is 13.2 Å². The largest absolute Gasteiger partial charge is 0.416 e. The molecule has 0 saturated heterocycles. The van der Waals surface area contributed by atoms with Crippen molar-refractivity contribution in [3.63, 3.8) is 0 Å². The van der Waals surface area contributed by atoms with Crippen molar-refractivity contribution in [2.45, 2.75) is 19.1 Å². The van der Waals surface area contributed by atoms with E-state index < -0.39 is 11.7 Å². The number of nitrogen functional groups attached to an aromatic ring is 1. The molecule has 20 heavy (non-hydrogen) atoms. The Bertz CT molecular complexity index is 596. The molecular weight excluding hydrogens is 267 g/mol. The second-order valence-corrected chi connectivity index (χ2v) is 4.42. The maximum absolute atomic E-state index is 12.6. The second-order valence-electron chi connectivity index (χ2n) is 4.42. The lowest BCUT2D eigenvalue weighted by Crippen LogP contribution is -2.12. The van der Waals surface area contributed by atoms with E-state index in [9.17, 15) is 13.2 Å². The summed E-state index contributed by atoms with van der Waals surface area (Å²) in [5, 5.41) is 2.92. The van der Waals surface area contributed by atoms with Gasteiger partial charge in [-0.05, 0) is 30.7 Å². The van der Waals surface area contributed by atoms with E-state index in [1.54, 1.807) is 12.1 Å². The molecule has 1 aromatic heterocycles. The zero-order valence-corrected chi connectivity index (χ0v) is 10.8. The molecule has 3 nitrogen and oxygen atoms in total. The number of nitrogens with zero attached hydrogens (tertiary/aromatic N) is 1. The number of hydrogen-bond donors (Lipinski definition) is 2. The fourth-order valence-corrected chi connectivity index (χ4v) is 1.89. The Hall–Kier alpha value is -2.24. The lowest BCUT2D eigenvalue weighted by atomic mass is 10.1. The summed E-state index contributed by atoms with van der Waals surface area (Å²) in [5.41, 5.74) is 6.50. The Balaban J connectivity index is 2.20. The molecule has 0 spiro atoms. The van der Waals surface area contributed by atoms with Crippen LogP contribution in [0.2, 0.25) is 0 Å². The summed E-state index contributed by atoms with van der Waals surface area (Å²) in [7, 11) is 0. The molecule has 3 N–H and O–H groups in total. The van der Waals surface area contributed by atoms with E-state index in [1.807, 2.05) is 19.1 Å². The van der Waals surface area contributed by atoms with Gasteiger partial charge in [-0.15, -0.1) is 0 Å². The van der Waals surface area contributed by atoms with Crippen molar-refractivity contribution in [1.82, 2.24) is 4.98 Å². The van der Waals surface area contributed by atoms with E-state index in [0.29, 0.717) is 5.69 Å². The minimum Gasteiger partial charge on any atom is -0.398 e. The van der Waals surface area contributed by atoms with Crippen molar-refractivity contribution in [2.24, 2.45) is 0 Å². The first-order valence-corrected chi connectivity index (χ1v) is 6.02. The molecule has 0 aliphatic rings. The van der Waals surface area contributed by atoms with Crippen molar-refractivity contribution < 1.29 is 13.2 Å². The first-order chi connectivity index (χ1) is 9.38. The van der Waals surface area contributed by atoms with E-state index >= 15 is 0 Å². The lowest BCUT2D eigenvalue weighted by Gasteiger charge is -2.17. The summed E-state index contributed by atoms with van der Waals surface area (Å²) in [6.07, 6.45) is -3.25. The summed E-state index contributed by atoms with van der Waals surface area (Å²) in [6, 6.07) is 8.86. The molecule has 0 aliphatic heterocycles. The Morgan fingerprint density at radius 2 is 1.90 bits per heavy atom. The highest BCUT2D eigenvalue weighted by Gasteiger charge is 2.30. The molecule has 1 atom stereocenters. The number of alkyl halides is 3. The van der Waals surface area contributed by atoms with E-state index in [-0.39, 0.29) is 11.9 Å². The maximum atomic E-state index is 12.6. The van der Waals surface area contributed by atoms with Crippen molar-refractivity contribution in [3.8, 4) is 0 Å². The molecule has 2 rings (SSSR count). The Morgan fingerprint density at radius 3 is 2.55 bits per heavy atom. The molecule has 0 saturated carbocycles. The third kappa shape index (κ3) is 3.20. The molecule has 1 unspecified atom stereocenters. The predicted molar refractivity (Wildman–Crippen MR) is 72.1 cm³/mol. The summed E-state index contributed by atoms with van der Waals surface area (Å²) >= 11 is 0. The fourth-order valence-electron chi connectivity index (χ4n) is 1.89. The van der Waals surface area contributed by atoms with Crippen LogP contribution in [-0.4, -0.2) is 4.98 Å². The number of halogens is 3. The number of anilines is 2. The highest BCUT2D eigenvalue weighted by molar-refractivity contribution is 5.51. The van der Waals surface area contributed by atoms with Gasteiger partial charge in [0.25, 0.3) is 0 Å². The fraction of sp³-hybridized carbons (Fsp3) is 0.214. The Morgan fingerprint density at radius 1 is 1.20 bits per heavy atom. The number of nitrogens with one attached hydrogen (secondary N) is 1. The number of pyridine rings is 1. The average molecular weight is 281 g/mol. The van der Waals surface area contributed by atoms with Gasteiger partial charge in [0, 0.05) is 11.9 Å². The van der Waals surface area contributed by atoms with Gasteiger partial charge in [-0.3, -0.25) is 0 Å². The number of aromatic nitrogens is 1. The topological polar surface area (TPSA) is 50.9 Å². The smallest absolute Gasteiger partial charge is 0.398 e. The number of para-hydroxylation sites is 1. The molecule has 2 aromatic rings. The summed E-state index contributed by atoms with van der Waals surface area (Å²) in [6.45, 7) is 1.81. The van der Waals surface area contributed by atoms with Gasteiger partial charge in [0.2, 0.25) is 0 Å². The molecule has 6 heteroatoms. The van der Waals surface area contributed by atoms with E-state index in [0.717, 1.165) is 23.9 Å². The molecule has 0 fully saturated rings. The van der Waals surface area contributed by atoms with E-state index in [2.05, 4.69) is 10.3 Å². The van der Waals surface area contributed by atoms with Crippen LogP contribution in [0.15, 0.2) is 42.6 Å². The average Bonchev–Trinajstić information content (AvgIpc) is 2.38. The normalized spacial score (nSPS) is 13.0. The zero-order valence-electron chi connectivity index (χ0n) is 10.8. The van der Waals surface area contributed by atoms with Gasteiger partial charge >= 0.3 is 6.18 Å². The summed E-state index contributed by atoms with van der Waals surface area (Å²) in [4.78, 5) is 3.90. The molecule has 106 valence electrons. The van der Waals surface area contributed by atoms with Gasteiger partial charge in [0.1, 0.15) is 5.82 Å². The number of nitrogens with two attached hydrogens (primary N) is 1. The molecule has 0 radical (unpaired) electrons. The van der Waals surface area contributed by atoms with Crippen LogP contribution in [0.4, 0.5) is 24.7 Å². The van der Waals surface area contributed by atoms with Crippen LogP contribution >= 0.6 is 0 Å². The molecule has 0 bridgehead atoms. The van der Waals surface area contributed by atoms with Crippen LogP contribution in [-0.2, 0) is 6.18 Å². The minimum absolute atomic E-state index is 0.163. The third-order valence-corrected chi connectivity index (χ3v) is 2.91. The van der Waals surface area contributed by atoms with Crippen molar-refractivity contribution in [3.05, 3.63) is 53.7 Å². The zero-order chi connectivity index (χ0) is 14.8. The van der Waals surface area contributed by atoms with Crippen LogP contribution in [0.3, 0.4) is 0 Å². The van der Waals surface area contributed by atoms with E-state index in [4.69, 9.17) is 5.73 Å². The van der Waals surface area contributed by atoms with Gasteiger partial charge in [0.15, 0.2) is 0 Å². The van der Waals surface area contributed by atoms with Crippen molar-refractivity contribution in [2.75, 3.05) is 11.1 Å². The first kappa shape index (κ1) is 14.2. The lowest BCUT2D eigenvalue weighted by molar-refractivity contribution is -0.137. The first-order valence-electron chi connectivity index (χ1n) is 6.02. The maximum Gasteiger partial charge on any atom is 0.416 e. The second kappa shape index (κ2) is 5.40. The van der Waals surface area contributed by atoms with Crippen LogP contribution in [0.5, 0.6) is 0 Å². The van der Waals surface area contributed by atoms with Crippen LogP contribution < -0.4 is 11.1 Å². The highest BCUT2D eigenvalue weighted by Crippen LogP contribution is 2.31. The molecule has 0 aliphatic carbocycles. The third-order valence-electron chi connectivity index (χ3n) is 2.91. The van der Waals surface area contributed by atoms with E-state index in [1.165, 1.54) is 0 Å². The Kier molecular flexibility index (Phi) is 3.83. The highest BCUT2D eigenvalue weighted by atomic mass is 19.4. The van der Waals surface area contributed by atoms with Crippen LogP contribution in [0, 0.1) is 0 Å². The minimum atomic E-state index is -4.38. The number of benzene rings is 1. The molecular formula is C14H14F3N3. The number of hydrogen-bond acceptors (Lipinski definition) is 3. The van der Waals surface area contributed by atoms with Gasteiger partial charge in [0.05, 0.1) is 11.6 Å². The molecule has 1 heterocycles. The summed E-state index contributed by atoms with van der Waals surface area (Å²) in [5.74, 6) is 0.163. The van der Waals surface area contributed by atoms with Gasteiger partial charge in [-0.1, -0.05) is 18.2 Å².